The number of hydrogen-bond acceptors (Lipinski definition) is 1. The molecule has 59 valence electrons. The molecule has 0 aliphatic rings. The number of thiophene rings is 1. The van der Waals surface area contributed by atoms with E-state index in [2.05, 4.69) is 17.5 Å². The van der Waals surface area contributed by atoms with Gasteiger partial charge in [-0.2, -0.15) is 0 Å². The Bertz CT molecular complexity index is 364. The Morgan fingerprint density at radius 3 is 2.50 bits per heavy atom. The molecule has 2 heteroatoms. The van der Waals surface area contributed by atoms with E-state index >= 15 is 0 Å². The summed E-state index contributed by atoms with van der Waals surface area (Å²) < 4.78 is 0.786. The fraction of sp³-hybridized carbons (Fsp3) is 0. The normalized spacial score (nSPS) is 10.1. The van der Waals surface area contributed by atoms with E-state index in [1.165, 1.54) is 16.9 Å². The summed E-state index contributed by atoms with van der Waals surface area (Å²) in [6.45, 7) is 0. The summed E-state index contributed by atoms with van der Waals surface area (Å²) in [6, 6.07) is 12.0. The third-order valence-corrected chi connectivity index (χ3v) is 2.58. The molecule has 0 amide bonds. The summed E-state index contributed by atoms with van der Waals surface area (Å²) in [4.78, 5) is 0. The lowest BCUT2D eigenvalue weighted by atomic mass is 10.1. The SMILES string of the molecule is Clc1cc(-c2ccccc2)[c]s1. The van der Waals surface area contributed by atoms with Gasteiger partial charge in [0.15, 0.2) is 0 Å². The first-order chi connectivity index (χ1) is 5.86. The van der Waals surface area contributed by atoms with E-state index in [0.29, 0.717) is 0 Å². The topological polar surface area (TPSA) is 0 Å². The van der Waals surface area contributed by atoms with Crippen LogP contribution < -0.4 is 0 Å². The maximum atomic E-state index is 5.80. The van der Waals surface area contributed by atoms with Crippen molar-refractivity contribution in [2.24, 2.45) is 0 Å². The summed E-state index contributed by atoms with van der Waals surface area (Å²) in [7, 11) is 0. The maximum absolute atomic E-state index is 5.80. The first-order valence-electron chi connectivity index (χ1n) is 3.59. The monoisotopic (exact) mass is 193 g/mol. The van der Waals surface area contributed by atoms with Crippen LogP contribution in [0.25, 0.3) is 11.1 Å². The Balaban J connectivity index is 2.45. The molecule has 0 nitrogen and oxygen atoms in total. The predicted molar refractivity (Wildman–Crippen MR) is 53.6 cm³/mol. The minimum Gasteiger partial charge on any atom is -0.122 e. The number of rotatable bonds is 1. The Kier molecular flexibility index (Phi) is 2.15. The molecule has 0 aliphatic carbocycles. The first kappa shape index (κ1) is 7.84. The molecule has 1 aromatic heterocycles. The summed E-state index contributed by atoms with van der Waals surface area (Å²) >= 11 is 7.24. The van der Waals surface area contributed by atoms with Gasteiger partial charge >= 0.3 is 0 Å². The van der Waals surface area contributed by atoms with E-state index in [0.717, 1.165) is 9.90 Å². The largest absolute Gasteiger partial charge is 0.122 e. The molecule has 0 aliphatic heterocycles. The van der Waals surface area contributed by atoms with Gasteiger partial charge in [0.2, 0.25) is 0 Å². The van der Waals surface area contributed by atoms with Gasteiger partial charge in [0.05, 0.1) is 9.72 Å². The molecule has 0 N–H and O–H groups in total. The zero-order chi connectivity index (χ0) is 8.39. The molecule has 0 unspecified atom stereocenters. The lowest BCUT2D eigenvalue weighted by Gasteiger charge is -1.93. The highest BCUT2D eigenvalue weighted by atomic mass is 35.5. The molecule has 1 aromatic carbocycles. The van der Waals surface area contributed by atoms with Crippen molar-refractivity contribution >= 4 is 22.9 Å². The molecule has 1 radical (unpaired) electrons. The van der Waals surface area contributed by atoms with Crippen LogP contribution in [0.2, 0.25) is 4.34 Å². The van der Waals surface area contributed by atoms with E-state index in [4.69, 9.17) is 11.6 Å². The molecule has 0 fully saturated rings. The van der Waals surface area contributed by atoms with Crippen molar-refractivity contribution in [1.29, 1.82) is 0 Å². The molecule has 0 saturated heterocycles. The van der Waals surface area contributed by atoms with Gasteiger partial charge in [-0.3, -0.25) is 0 Å². The summed E-state index contributed by atoms with van der Waals surface area (Å²) in [6.07, 6.45) is 0. The quantitative estimate of drug-likeness (QED) is 0.645. The van der Waals surface area contributed by atoms with Crippen LogP contribution in [0.15, 0.2) is 36.4 Å². The van der Waals surface area contributed by atoms with Gasteiger partial charge in [-0.25, -0.2) is 0 Å². The molecule has 0 bridgehead atoms. The van der Waals surface area contributed by atoms with Crippen molar-refractivity contribution in [3.05, 3.63) is 46.1 Å². The molecular formula is C10H6ClS. The van der Waals surface area contributed by atoms with Crippen molar-refractivity contribution in [3.63, 3.8) is 0 Å². The highest BCUT2D eigenvalue weighted by Crippen LogP contribution is 2.27. The van der Waals surface area contributed by atoms with Gasteiger partial charge in [-0.1, -0.05) is 41.9 Å². The third-order valence-electron chi connectivity index (χ3n) is 1.60. The van der Waals surface area contributed by atoms with Crippen LogP contribution in [0.5, 0.6) is 0 Å². The van der Waals surface area contributed by atoms with Crippen LogP contribution in [0.1, 0.15) is 0 Å². The smallest absolute Gasteiger partial charge is 0.0941 e. The van der Waals surface area contributed by atoms with Gasteiger partial charge in [0, 0.05) is 5.56 Å². The first-order valence-corrected chi connectivity index (χ1v) is 4.78. The minimum atomic E-state index is 0.786. The van der Waals surface area contributed by atoms with Crippen molar-refractivity contribution < 1.29 is 0 Å². The maximum Gasteiger partial charge on any atom is 0.0941 e. The van der Waals surface area contributed by atoms with E-state index < -0.39 is 0 Å². The van der Waals surface area contributed by atoms with E-state index in [1.807, 2.05) is 24.3 Å². The van der Waals surface area contributed by atoms with Crippen LogP contribution in [-0.2, 0) is 0 Å². The van der Waals surface area contributed by atoms with E-state index in [-0.39, 0.29) is 0 Å². The Morgan fingerprint density at radius 1 is 1.17 bits per heavy atom. The Morgan fingerprint density at radius 2 is 1.92 bits per heavy atom. The fourth-order valence-corrected chi connectivity index (χ4v) is 1.82. The molecule has 1 heterocycles. The molecule has 0 spiro atoms. The van der Waals surface area contributed by atoms with Gasteiger partial charge in [-0.15, -0.1) is 11.3 Å². The second-order valence-electron chi connectivity index (χ2n) is 2.43. The van der Waals surface area contributed by atoms with Gasteiger partial charge in [-0.05, 0) is 11.6 Å². The van der Waals surface area contributed by atoms with Gasteiger partial charge in [0.1, 0.15) is 0 Å². The summed E-state index contributed by atoms with van der Waals surface area (Å²) in [5.41, 5.74) is 2.24. The second-order valence-corrected chi connectivity index (χ2v) is 3.91. The van der Waals surface area contributed by atoms with Crippen LogP contribution in [0.3, 0.4) is 0 Å². The average molecular weight is 194 g/mol. The van der Waals surface area contributed by atoms with Gasteiger partial charge in [0.25, 0.3) is 0 Å². The highest BCUT2D eigenvalue weighted by Gasteiger charge is 1.99. The average Bonchev–Trinajstić information content (AvgIpc) is 2.54. The summed E-state index contributed by atoms with van der Waals surface area (Å²) in [5, 5.41) is 3.13. The molecular weight excluding hydrogens is 188 g/mol. The van der Waals surface area contributed by atoms with E-state index in [9.17, 15) is 0 Å². The van der Waals surface area contributed by atoms with Crippen LogP contribution in [-0.4, -0.2) is 0 Å². The molecule has 12 heavy (non-hydrogen) atoms. The lowest BCUT2D eigenvalue weighted by molar-refractivity contribution is 1.67. The van der Waals surface area contributed by atoms with Crippen molar-refractivity contribution in [2.45, 2.75) is 0 Å². The second kappa shape index (κ2) is 3.30. The van der Waals surface area contributed by atoms with Crippen molar-refractivity contribution in [1.82, 2.24) is 0 Å². The predicted octanol–water partition coefficient (Wildman–Crippen LogP) is 3.87. The van der Waals surface area contributed by atoms with Crippen LogP contribution in [0, 0.1) is 5.38 Å². The Labute approximate surface area is 80.4 Å². The van der Waals surface area contributed by atoms with Crippen molar-refractivity contribution in [2.75, 3.05) is 0 Å². The number of benzene rings is 1. The van der Waals surface area contributed by atoms with Crippen LogP contribution >= 0.6 is 22.9 Å². The molecule has 2 aromatic rings. The minimum absolute atomic E-state index is 0.786. The fourth-order valence-electron chi connectivity index (χ4n) is 1.04. The van der Waals surface area contributed by atoms with Crippen molar-refractivity contribution in [3.8, 4) is 11.1 Å². The van der Waals surface area contributed by atoms with Crippen LogP contribution in [0.4, 0.5) is 0 Å². The van der Waals surface area contributed by atoms with E-state index in [1.54, 1.807) is 0 Å². The summed E-state index contributed by atoms with van der Waals surface area (Å²) in [5.74, 6) is 0. The van der Waals surface area contributed by atoms with Gasteiger partial charge < -0.3 is 0 Å². The molecule has 2 rings (SSSR count). The Hall–Kier alpha value is -0.790. The number of hydrogen-bond donors (Lipinski definition) is 0. The molecule has 0 atom stereocenters. The zero-order valence-corrected chi connectivity index (χ0v) is 7.82. The molecule has 0 saturated carbocycles. The number of halogens is 1. The zero-order valence-electron chi connectivity index (χ0n) is 6.25. The highest BCUT2D eigenvalue weighted by molar-refractivity contribution is 7.14. The third kappa shape index (κ3) is 1.52. The lowest BCUT2D eigenvalue weighted by Crippen LogP contribution is -1.69. The standard InChI is InChI=1S/C10H6ClS/c11-10-6-9(7-12-10)8-4-2-1-3-5-8/h1-6H.